The maximum atomic E-state index is 11.6. The molecular weight excluding hydrogens is 336 g/mol. The molecule has 0 unspecified atom stereocenters. The zero-order valence-electron chi connectivity index (χ0n) is 14.6. The Morgan fingerprint density at radius 3 is 2.48 bits per heavy atom. The van der Waals surface area contributed by atoms with Crippen molar-refractivity contribution in [1.29, 1.82) is 0 Å². The number of aromatic nitrogens is 2. The van der Waals surface area contributed by atoms with E-state index in [1.165, 1.54) is 5.56 Å². The van der Waals surface area contributed by atoms with E-state index in [4.69, 9.17) is 0 Å². The molecule has 2 aromatic rings. The van der Waals surface area contributed by atoms with E-state index in [0.717, 1.165) is 42.7 Å². The molecular formula is C18H24N4O2S. The molecule has 0 amide bonds. The van der Waals surface area contributed by atoms with Crippen LogP contribution in [0.5, 0.6) is 0 Å². The third kappa shape index (κ3) is 3.35. The van der Waals surface area contributed by atoms with Crippen LogP contribution in [0.1, 0.15) is 18.4 Å². The van der Waals surface area contributed by atoms with Gasteiger partial charge in [0.25, 0.3) is 0 Å². The summed E-state index contributed by atoms with van der Waals surface area (Å²) < 4.78 is 23.2. The Morgan fingerprint density at radius 1 is 1.04 bits per heavy atom. The summed E-state index contributed by atoms with van der Waals surface area (Å²) in [6, 6.07) is 6.72. The Morgan fingerprint density at radius 2 is 1.76 bits per heavy atom. The quantitative estimate of drug-likeness (QED) is 0.811. The second-order valence-electron chi connectivity index (χ2n) is 7.07. The van der Waals surface area contributed by atoms with E-state index < -0.39 is 9.84 Å². The molecule has 1 aromatic carbocycles. The van der Waals surface area contributed by atoms with Crippen LogP contribution < -0.4 is 4.90 Å². The van der Waals surface area contributed by atoms with Crippen LogP contribution in [0, 0.1) is 6.92 Å². The predicted molar refractivity (Wildman–Crippen MR) is 99.7 cm³/mol. The topological polar surface area (TPSA) is 66.4 Å². The molecule has 0 aliphatic carbocycles. The molecule has 0 atom stereocenters. The van der Waals surface area contributed by atoms with Crippen LogP contribution in [-0.2, 0) is 9.84 Å². The van der Waals surface area contributed by atoms with Gasteiger partial charge in [0.2, 0.25) is 0 Å². The van der Waals surface area contributed by atoms with Gasteiger partial charge in [-0.25, -0.2) is 18.4 Å². The average molecular weight is 360 g/mol. The van der Waals surface area contributed by atoms with Gasteiger partial charge in [-0.2, -0.15) is 0 Å². The first kappa shape index (κ1) is 16.7. The van der Waals surface area contributed by atoms with E-state index in [0.29, 0.717) is 30.6 Å². The minimum absolute atomic E-state index is 0.309. The van der Waals surface area contributed by atoms with Crippen LogP contribution in [0.25, 0.3) is 10.9 Å². The number of nitrogens with zero attached hydrogens (tertiary/aromatic N) is 4. The summed E-state index contributed by atoms with van der Waals surface area (Å²) in [6.45, 7) is 5.35. The van der Waals surface area contributed by atoms with Gasteiger partial charge in [-0.1, -0.05) is 12.1 Å². The number of piperidine rings is 1. The molecule has 3 heterocycles. The normalized spacial score (nSPS) is 22.4. The van der Waals surface area contributed by atoms with Crippen LogP contribution in [0.4, 0.5) is 5.82 Å². The van der Waals surface area contributed by atoms with E-state index in [9.17, 15) is 8.42 Å². The second-order valence-corrected chi connectivity index (χ2v) is 9.38. The summed E-state index contributed by atoms with van der Waals surface area (Å²) in [5.74, 6) is 1.64. The molecule has 0 bridgehead atoms. The van der Waals surface area contributed by atoms with Crippen molar-refractivity contribution in [2.45, 2.75) is 25.8 Å². The first-order chi connectivity index (χ1) is 12.0. The van der Waals surface area contributed by atoms with Crippen molar-refractivity contribution in [2.24, 2.45) is 0 Å². The number of para-hydroxylation sites is 1. The smallest absolute Gasteiger partial charge is 0.152 e. The molecule has 0 N–H and O–H groups in total. The van der Waals surface area contributed by atoms with Crippen molar-refractivity contribution < 1.29 is 8.42 Å². The Labute approximate surface area is 148 Å². The molecule has 4 rings (SSSR count). The SMILES string of the molecule is Cc1cccc2c(N3CCC(N4CCS(=O)(=O)CC4)CC3)ncnc12. The lowest BCUT2D eigenvalue weighted by Gasteiger charge is -2.40. The lowest BCUT2D eigenvalue weighted by Crippen LogP contribution is -2.50. The van der Waals surface area contributed by atoms with E-state index in [1.807, 2.05) is 0 Å². The molecule has 1 aromatic heterocycles. The van der Waals surface area contributed by atoms with Crippen molar-refractivity contribution in [2.75, 3.05) is 42.6 Å². The van der Waals surface area contributed by atoms with E-state index >= 15 is 0 Å². The number of hydrogen-bond donors (Lipinski definition) is 0. The zero-order chi connectivity index (χ0) is 17.4. The Bertz CT molecular complexity index is 862. The van der Waals surface area contributed by atoms with E-state index in [-0.39, 0.29) is 0 Å². The fraction of sp³-hybridized carbons (Fsp3) is 0.556. The van der Waals surface area contributed by atoms with Crippen LogP contribution in [0.15, 0.2) is 24.5 Å². The summed E-state index contributed by atoms with van der Waals surface area (Å²) in [5, 5.41) is 1.12. The highest BCUT2D eigenvalue weighted by atomic mass is 32.2. The molecule has 2 aliphatic heterocycles. The van der Waals surface area contributed by atoms with Gasteiger partial charge in [0, 0.05) is 37.6 Å². The first-order valence-electron chi connectivity index (χ1n) is 8.93. The fourth-order valence-corrected chi connectivity index (χ4v) is 5.24. The van der Waals surface area contributed by atoms with Crippen molar-refractivity contribution in [3.8, 4) is 0 Å². The standard InChI is InChI=1S/C18H24N4O2S/c1-14-3-2-4-16-17(14)19-13-20-18(16)22-7-5-15(6-8-22)21-9-11-25(23,24)12-10-21/h2-4,13,15H,5-12H2,1H3. The minimum atomic E-state index is -2.81. The van der Waals surface area contributed by atoms with Gasteiger partial charge in [-0.3, -0.25) is 4.90 Å². The second kappa shape index (κ2) is 6.53. The lowest BCUT2D eigenvalue weighted by molar-refractivity contribution is 0.182. The third-order valence-corrected chi connectivity index (χ3v) is 7.11. The molecule has 6 nitrogen and oxygen atoms in total. The summed E-state index contributed by atoms with van der Waals surface area (Å²) in [7, 11) is -2.81. The number of sulfone groups is 1. The van der Waals surface area contributed by atoms with Crippen molar-refractivity contribution in [3.05, 3.63) is 30.1 Å². The van der Waals surface area contributed by atoms with Gasteiger partial charge < -0.3 is 4.90 Å². The number of anilines is 1. The highest BCUT2D eigenvalue weighted by Crippen LogP contribution is 2.28. The molecule has 0 spiro atoms. The molecule has 134 valence electrons. The first-order valence-corrected chi connectivity index (χ1v) is 10.8. The summed E-state index contributed by atoms with van der Waals surface area (Å²) >= 11 is 0. The van der Waals surface area contributed by atoms with Gasteiger partial charge in [0.1, 0.15) is 12.1 Å². The van der Waals surface area contributed by atoms with Crippen LogP contribution in [0.3, 0.4) is 0 Å². The molecule has 2 fully saturated rings. The maximum absolute atomic E-state index is 11.6. The summed E-state index contributed by atoms with van der Waals surface area (Å²) in [6.07, 6.45) is 3.76. The minimum Gasteiger partial charge on any atom is -0.356 e. The summed E-state index contributed by atoms with van der Waals surface area (Å²) in [5.41, 5.74) is 2.20. The molecule has 2 saturated heterocycles. The lowest BCUT2D eigenvalue weighted by atomic mass is 10.0. The number of benzene rings is 1. The van der Waals surface area contributed by atoms with Gasteiger partial charge >= 0.3 is 0 Å². The molecule has 25 heavy (non-hydrogen) atoms. The Hall–Kier alpha value is -1.73. The number of hydrogen-bond acceptors (Lipinski definition) is 6. The number of rotatable bonds is 2. The van der Waals surface area contributed by atoms with Crippen molar-refractivity contribution in [1.82, 2.24) is 14.9 Å². The summed E-state index contributed by atoms with van der Waals surface area (Å²) in [4.78, 5) is 13.7. The van der Waals surface area contributed by atoms with Gasteiger partial charge in [-0.15, -0.1) is 0 Å². The van der Waals surface area contributed by atoms with E-state index in [2.05, 4.69) is 44.9 Å². The molecule has 7 heteroatoms. The maximum Gasteiger partial charge on any atom is 0.152 e. The Balaban J connectivity index is 1.47. The third-order valence-electron chi connectivity index (χ3n) is 5.50. The van der Waals surface area contributed by atoms with Crippen LogP contribution >= 0.6 is 0 Å². The highest BCUT2D eigenvalue weighted by molar-refractivity contribution is 7.91. The van der Waals surface area contributed by atoms with Gasteiger partial charge in [-0.05, 0) is 31.4 Å². The largest absolute Gasteiger partial charge is 0.356 e. The van der Waals surface area contributed by atoms with Gasteiger partial charge in [0.15, 0.2) is 9.84 Å². The van der Waals surface area contributed by atoms with Crippen molar-refractivity contribution >= 4 is 26.6 Å². The Kier molecular flexibility index (Phi) is 4.37. The van der Waals surface area contributed by atoms with Crippen molar-refractivity contribution in [3.63, 3.8) is 0 Å². The average Bonchev–Trinajstić information content (AvgIpc) is 2.62. The number of aryl methyl sites for hydroxylation is 1. The monoisotopic (exact) mass is 360 g/mol. The molecule has 0 saturated carbocycles. The number of fused-ring (bicyclic) bond motifs is 1. The predicted octanol–water partition coefficient (Wildman–Crippen LogP) is 1.64. The van der Waals surface area contributed by atoms with Gasteiger partial charge in [0.05, 0.1) is 17.0 Å². The molecule has 0 radical (unpaired) electrons. The fourth-order valence-electron chi connectivity index (χ4n) is 4.01. The highest BCUT2D eigenvalue weighted by Gasteiger charge is 2.30. The van der Waals surface area contributed by atoms with Crippen LogP contribution in [0.2, 0.25) is 0 Å². The van der Waals surface area contributed by atoms with E-state index in [1.54, 1.807) is 6.33 Å². The molecule has 2 aliphatic rings. The van der Waals surface area contributed by atoms with Crippen LogP contribution in [-0.4, -0.2) is 67.0 Å². The zero-order valence-corrected chi connectivity index (χ0v) is 15.4.